The molecule has 26 heavy (non-hydrogen) atoms. The molecule has 11 heteroatoms. The van der Waals surface area contributed by atoms with Crippen LogP contribution < -0.4 is 5.69 Å². The van der Waals surface area contributed by atoms with E-state index in [1.165, 1.54) is 7.11 Å². The number of hydrogen-bond acceptors (Lipinski definition) is 5. The quantitative estimate of drug-likeness (QED) is 0.604. The predicted molar refractivity (Wildman–Crippen MR) is 78.8 cm³/mol. The van der Waals surface area contributed by atoms with Crippen molar-refractivity contribution in [2.24, 2.45) is 0 Å². The first kappa shape index (κ1) is 18.1. The predicted octanol–water partition coefficient (Wildman–Crippen LogP) is 1.70. The number of ether oxygens (including phenoxy) is 1. The fourth-order valence-corrected chi connectivity index (χ4v) is 2.96. The van der Waals surface area contributed by atoms with E-state index in [0.29, 0.717) is 25.1 Å². The van der Waals surface area contributed by atoms with Crippen LogP contribution >= 0.6 is 0 Å². The van der Waals surface area contributed by atoms with Crippen LogP contribution in [0.4, 0.5) is 17.6 Å². The maximum atomic E-state index is 14.1. The van der Waals surface area contributed by atoms with Crippen molar-refractivity contribution >= 4 is 5.97 Å². The van der Waals surface area contributed by atoms with E-state index in [9.17, 15) is 27.2 Å². The maximum absolute atomic E-state index is 14.1. The van der Waals surface area contributed by atoms with Crippen molar-refractivity contribution in [1.29, 1.82) is 0 Å². The lowest BCUT2D eigenvalue weighted by Crippen LogP contribution is -2.35. The van der Waals surface area contributed by atoms with Gasteiger partial charge in [-0.15, -0.1) is 0 Å². The first-order valence-electron chi connectivity index (χ1n) is 7.70. The maximum Gasteiger partial charge on any atom is 0.436 e. The van der Waals surface area contributed by atoms with E-state index >= 15 is 0 Å². The van der Waals surface area contributed by atoms with Crippen molar-refractivity contribution in [3.8, 4) is 0 Å². The Kier molecular flexibility index (Phi) is 4.55. The van der Waals surface area contributed by atoms with E-state index in [2.05, 4.69) is 14.8 Å². The Morgan fingerprint density at radius 2 is 2.15 bits per heavy atom. The second kappa shape index (κ2) is 6.54. The number of methoxy groups -OCH3 is 1. The summed E-state index contributed by atoms with van der Waals surface area (Å²) in [6.45, 7) is -0.510. The molecule has 0 bridgehead atoms. The highest BCUT2D eigenvalue weighted by atomic mass is 19.4. The molecule has 0 saturated carbocycles. The number of hydrogen-bond donors (Lipinski definition) is 0. The van der Waals surface area contributed by atoms with Crippen molar-refractivity contribution in [1.82, 2.24) is 19.3 Å². The molecule has 2 aromatic rings. The van der Waals surface area contributed by atoms with Gasteiger partial charge in [0.05, 0.1) is 13.7 Å². The molecule has 0 spiro atoms. The third kappa shape index (κ3) is 3.08. The van der Waals surface area contributed by atoms with Gasteiger partial charge in [0, 0.05) is 18.2 Å². The zero-order valence-corrected chi connectivity index (χ0v) is 13.6. The molecule has 1 aliphatic rings. The monoisotopic (exact) mass is 374 g/mol. The standard InChI is InChI=1S/C15H14F4N4O3/c1-26-13(24)9-3-2-4-10-21-22(14(25)23(9)10)7-8-5-6-20-12(11(8)16)15(17,18)19/h5-6,9H,2-4,7H2,1H3/t9-/m0/s1. The van der Waals surface area contributed by atoms with E-state index in [0.717, 1.165) is 21.5 Å². The van der Waals surface area contributed by atoms with Gasteiger partial charge in [-0.1, -0.05) is 0 Å². The largest absolute Gasteiger partial charge is 0.467 e. The van der Waals surface area contributed by atoms with E-state index in [1.54, 1.807) is 0 Å². The smallest absolute Gasteiger partial charge is 0.436 e. The van der Waals surface area contributed by atoms with Crippen molar-refractivity contribution in [3.63, 3.8) is 0 Å². The van der Waals surface area contributed by atoms with Crippen LogP contribution in [0, 0.1) is 5.82 Å². The highest BCUT2D eigenvalue weighted by Crippen LogP contribution is 2.30. The average Bonchev–Trinajstić information content (AvgIpc) is 2.91. The molecule has 3 rings (SSSR count). The van der Waals surface area contributed by atoms with Crippen LogP contribution in [-0.2, 0) is 28.7 Å². The van der Waals surface area contributed by atoms with E-state index in [1.807, 2.05) is 0 Å². The summed E-state index contributed by atoms with van der Waals surface area (Å²) in [6, 6.07) is 0.200. The van der Waals surface area contributed by atoms with Gasteiger partial charge in [0.1, 0.15) is 11.9 Å². The second-order valence-corrected chi connectivity index (χ2v) is 5.79. The summed E-state index contributed by atoms with van der Waals surface area (Å²) in [5, 5.41) is 4.04. The number of halogens is 4. The number of esters is 1. The van der Waals surface area contributed by atoms with Crippen LogP contribution in [0.15, 0.2) is 17.1 Å². The number of fused-ring (bicyclic) bond motifs is 1. The summed E-state index contributed by atoms with van der Waals surface area (Å²) >= 11 is 0. The van der Waals surface area contributed by atoms with Crippen molar-refractivity contribution in [3.05, 3.63) is 45.6 Å². The molecule has 0 fully saturated rings. The lowest BCUT2D eigenvalue weighted by atomic mass is 10.1. The number of carbonyl (C=O) groups excluding carboxylic acids is 1. The van der Waals surface area contributed by atoms with Crippen molar-refractivity contribution < 1.29 is 27.1 Å². The Balaban J connectivity index is 2.00. The molecular weight excluding hydrogens is 360 g/mol. The highest BCUT2D eigenvalue weighted by Gasteiger charge is 2.37. The van der Waals surface area contributed by atoms with Gasteiger partial charge in [-0.2, -0.15) is 18.3 Å². The summed E-state index contributed by atoms with van der Waals surface area (Å²) < 4.78 is 59.1. The summed E-state index contributed by atoms with van der Waals surface area (Å²) in [4.78, 5) is 27.4. The van der Waals surface area contributed by atoms with Gasteiger partial charge in [0.25, 0.3) is 0 Å². The summed E-state index contributed by atoms with van der Waals surface area (Å²) in [5.41, 5.74) is -2.74. The van der Waals surface area contributed by atoms with Crippen LogP contribution in [-0.4, -0.2) is 32.4 Å². The Morgan fingerprint density at radius 1 is 1.42 bits per heavy atom. The molecule has 2 aromatic heterocycles. The molecule has 0 unspecified atom stereocenters. The minimum Gasteiger partial charge on any atom is -0.467 e. The fourth-order valence-electron chi connectivity index (χ4n) is 2.96. The van der Waals surface area contributed by atoms with Gasteiger partial charge in [0.2, 0.25) is 0 Å². The van der Waals surface area contributed by atoms with E-state index < -0.39 is 41.9 Å². The van der Waals surface area contributed by atoms with Crippen LogP contribution in [0.25, 0.3) is 0 Å². The topological polar surface area (TPSA) is 79.0 Å². The Bertz CT molecular complexity index is 903. The SMILES string of the molecule is COC(=O)[C@@H]1CCCc2nn(Cc3ccnc(C(F)(F)F)c3F)c(=O)n21. The third-order valence-electron chi connectivity index (χ3n) is 4.16. The number of carbonyl (C=O) groups is 1. The summed E-state index contributed by atoms with van der Waals surface area (Å²) in [5.74, 6) is -1.86. The zero-order chi connectivity index (χ0) is 19.1. The van der Waals surface area contributed by atoms with Gasteiger partial charge in [0.15, 0.2) is 11.5 Å². The molecule has 0 aliphatic carbocycles. The molecule has 1 aliphatic heterocycles. The minimum atomic E-state index is -4.95. The zero-order valence-electron chi connectivity index (χ0n) is 13.6. The summed E-state index contributed by atoms with van der Waals surface area (Å²) in [7, 11) is 1.19. The average molecular weight is 374 g/mol. The van der Waals surface area contributed by atoms with Crippen LogP contribution in [0.5, 0.6) is 0 Å². The second-order valence-electron chi connectivity index (χ2n) is 5.79. The van der Waals surface area contributed by atoms with Gasteiger partial charge in [-0.3, -0.25) is 4.57 Å². The first-order chi connectivity index (χ1) is 12.2. The van der Waals surface area contributed by atoms with Gasteiger partial charge in [-0.25, -0.2) is 23.6 Å². The molecule has 1 atom stereocenters. The van der Waals surface area contributed by atoms with Crippen LogP contribution in [0.3, 0.4) is 0 Å². The van der Waals surface area contributed by atoms with Gasteiger partial charge in [-0.05, 0) is 18.9 Å². The normalized spacial score (nSPS) is 17.0. The molecule has 0 N–H and O–H groups in total. The molecule has 140 valence electrons. The van der Waals surface area contributed by atoms with Crippen molar-refractivity contribution in [2.45, 2.75) is 38.0 Å². The first-order valence-corrected chi connectivity index (χ1v) is 7.70. The van der Waals surface area contributed by atoms with Gasteiger partial charge >= 0.3 is 17.8 Å². The number of rotatable bonds is 3. The number of nitrogens with zero attached hydrogens (tertiary/aromatic N) is 4. The Labute approximate surface area is 144 Å². The van der Waals surface area contributed by atoms with E-state index in [-0.39, 0.29) is 5.56 Å². The van der Waals surface area contributed by atoms with Gasteiger partial charge < -0.3 is 4.74 Å². The number of alkyl halides is 3. The molecule has 0 amide bonds. The summed E-state index contributed by atoms with van der Waals surface area (Å²) in [6.07, 6.45) is -2.73. The molecule has 0 radical (unpaired) electrons. The lowest BCUT2D eigenvalue weighted by Gasteiger charge is -2.20. The third-order valence-corrected chi connectivity index (χ3v) is 4.16. The Hall–Kier alpha value is -2.72. The van der Waals surface area contributed by atoms with Crippen LogP contribution in [0.2, 0.25) is 0 Å². The number of aryl methyl sites for hydroxylation is 1. The Morgan fingerprint density at radius 3 is 2.81 bits per heavy atom. The number of pyridine rings is 1. The molecule has 0 saturated heterocycles. The van der Waals surface area contributed by atoms with E-state index in [4.69, 9.17) is 0 Å². The molecule has 7 nitrogen and oxygen atoms in total. The highest BCUT2D eigenvalue weighted by molar-refractivity contribution is 5.74. The lowest BCUT2D eigenvalue weighted by molar-refractivity contribution is -0.145. The van der Waals surface area contributed by atoms with Crippen molar-refractivity contribution in [2.75, 3.05) is 7.11 Å². The minimum absolute atomic E-state index is 0.308. The molecular formula is C15H14F4N4O3. The number of aromatic nitrogens is 4. The molecule has 3 heterocycles. The van der Waals surface area contributed by atoms with Crippen LogP contribution in [0.1, 0.15) is 36.0 Å². The molecule has 0 aromatic carbocycles. The fraction of sp³-hybridized carbons (Fsp3) is 0.467.